The first kappa shape index (κ1) is 27.9. The minimum Gasteiger partial charge on any atom is -0.500 e. The van der Waals surface area contributed by atoms with Gasteiger partial charge in [0, 0.05) is 5.56 Å². The first-order chi connectivity index (χ1) is 19.0. The maximum absolute atomic E-state index is 15.3. The lowest BCUT2D eigenvalue weighted by molar-refractivity contribution is 0.156. The highest BCUT2D eigenvalue weighted by molar-refractivity contribution is 6.08. The second kappa shape index (κ2) is 12.7. The molecule has 1 nitrogen and oxygen atoms in total. The van der Waals surface area contributed by atoms with Crippen LogP contribution in [0.1, 0.15) is 82.6 Å². The number of hydrogen-bond donors (Lipinski definition) is 0. The zero-order valence-corrected chi connectivity index (χ0v) is 23.3. The van der Waals surface area contributed by atoms with Crippen LogP contribution in [0.3, 0.4) is 0 Å². The van der Waals surface area contributed by atoms with Crippen molar-refractivity contribution in [3.63, 3.8) is 0 Å². The zero-order chi connectivity index (χ0) is 27.4. The lowest BCUT2D eigenvalue weighted by Gasteiger charge is -2.38. The maximum atomic E-state index is 15.3. The van der Waals surface area contributed by atoms with Gasteiger partial charge in [-0.25, -0.2) is 8.78 Å². The molecule has 2 aliphatic rings. The highest BCUT2D eigenvalue weighted by Crippen LogP contribution is 2.45. The van der Waals surface area contributed by atoms with Crippen molar-refractivity contribution in [3.8, 4) is 28.0 Å². The molecule has 2 aliphatic carbocycles. The Morgan fingerprint density at radius 1 is 0.718 bits per heavy atom. The molecule has 39 heavy (non-hydrogen) atoms. The van der Waals surface area contributed by atoms with E-state index in [4.69, 9.17) is 4.74 Å². The van der Waals surface area contributed by atoms with E-state index in [1.54, 1.807) is 26.0 Å². The van der Waals surface area contributed by atoms with Gasteiger partial charge in [-0.15, -0.1) is 0 Å². The van der Waals surface area contributed by atoms with Gasteiger partial charge in [0.15, 0.2) is 19.4 Å². The molecule has 206 valence electrons. The van der Waals surface area contributed by atoms with E-state index in [-0.39, 0.29) is 23.6 Å². The lowest BCUT2D eigenvalue weighted by Crippen LogP contribution is -2.25. The van der Waals surface area contributed by atoms with Crippen molar-refractivity contribution in [2.75, 3.05) is 6.51 Å². The van der Waals surface area contributed by atoms with Gasteiger partial charge in [0.2, 0.25) is 5.82 Å². The lowest BCUT2D eigenvalue weighted by atomic mass is 9.68. The molecule has 0 heterocycles. The molecule has 0 amide bonds. The SMILES string of the molecule is BCOc1ccc(-c2ccc(-c3ccc(C4CCC(C5CCC(CCC)CC5)CC4)c(F)c3)cc2)c(F)c1F. The molecule has 0 unspecified atom stereocenters. The van der Waals surface area contributed by atoms with Gasteiger partial charge in [-0.2, -0.15) is 4.39 Å². The molecule has 0 radical (unpaired) electrons. The second-order valence-corrected chi connectivity index (χ2v) is 11.7. The molecule has 5 rings (SSSR count). The van der Waals surface area contributed by atoms with E-state index in [1.165, 1.54) is 63.5 Å². The van der Waals surface area contributed by atoms with Crippen LogP contribution in [-0.2, 0) is 0 Å². The van der Waals surface area contributed by atoms with Crippen LogP contribution in [0.5, 0.6) is 5.75 Å². The number of rotatable bonds is 8. The van der Waals surface area contributed by atoms with Crippen molar-refractivity contribution in [2.24, 2.45) is 17.8 Å². The number of benzene rings is 3. The summed E-state index contributed by atoms with van der Waals surface area (Å²) in [7, 11) is 1.73. The largest absolute Gasteiger partial charge is 0.500 e. The molecule has 0 aliphatic heterocycles. The number of hydrogen-bond acceptors (Lipinski definition) is 1. The summed E-state index contributed by atoms with van der Waals surface area (Å²) in [6.07, 6.45) is 12.9. The Morgan fingerprint density at radius 2 is 1.33 bits per heavy atom. The summed E-state index contributed by atoms with van der Waals surface area (Å²) in [5.74, 6) is 0.802. The minimum absolute atomic E-state index is 0.0889. The average Bonchev–Trinajstić information content (AvgIpc) is 2.97. The van der Waals surface area contributed by atoms with Crippen molar-refractivity contribution in [1.29, 1.82) is 0 Å². The summed E-state index contributed by atoms with van der Waals surface area (Å²) in [4.78, 5) is 0. The molecule has 0 spiro atoms. The Bertz CT molecular complexity index is 1240. The van der Waals surface area contributed by atoms with Crippen LogP contribution in [-0.4, -0.2) is 14.4 Å². The van der Waals surface area contributed by atoms with E-state index >= 15 is 4.39 Å². The standard InChI is InChI=1S/C34H40BF3O/c1-2-3-22-4-6-23(7-5-22)24-8-12-26(13-9-24)29-17-16-28(20-31(29)36)25-10-14-27(15-11-25)30-18-19-32(39-21-35)34(38)33(30)37/h10-11,14-20,22-24,26H,2-9,12-13,21,35H2,1H3. The molecule has 0 aromatic heterocycles. The summed E-state index contributed by atoms with van der Waals surface area (Å²) in [5.41, 5.74) is 3.21. The van der Waals surface area contributed by atoms with E-state index in [9.17, 15) is 8.78 Å². The van der Waals surface area contributed by atoms with Gasteiger partial charge in [-0.3, -0.25) is 0 Å². The van der Waals surface area contributed by atoms with E-state index < -0.39 is 11.6 Å². The molecule has 3 aromatic carbocycles. The van der Waals surface area contributed by atoms with Crippen LogP contribution in [0.15, 0.2) is 54.6 Å². The van der Waals surface area contributed by atoms with Gasteiger partial charge in [0.25, 0.3) is 0 Å². The van der Waals surface area contributed by atoms with Crippen molar-refractivity contribution in [2.45, 2.75) is 77.0 Å². The van der Waals surface area contributed by atoms with Gasteiger partial charge < -0.3 is 4.74 Å². The minimum atomic E-state index is -0.982. The van der Waals surface area contributed by atoms with Crippen LogP contribution in [0.2, 0.25) is 0 Å². The third kappa shape index (κ3) is 6.23. The van der Waals surface area contributed by atoms with Crippen LogP contribution >= 0.6 is 0 Å². The van der Waals surface area contributed by atoms with Gasteiger partial charge in [-0.1, -0.05) is 69.0 Å². The van der Waals surface area contributed by atoms with Crippen molar-refractivity contribution < 1.29 is 17.9 Å². The molecule has 0 N–H and O–H groups in total. The van der Waals surface area contributed by atoms with E-state index in [0.717, 1.165) is 47.3 Å². The Hall–Kier alpha value is -2.69. The summed E-state index contributed by atoms with van der Waals surface area (Å²) < 4.78 is 49.4. The molecular formula is C34H40BF3O. The molecule has 5 heteroatoms. The quantitative estimate of drug-likeness (QED) is 0.263. The third-order valence-electron chi connectivity index (χ3n) is 9.34. The fourth-order valence-corrected chi connectivity index (χ4v) is 7.16. The van der Waals surface area contributed by atoms with Crippen LogP contribution in [0, 0.1) is 35.2 Å². The predicted molar refractivity (Wildman–Crippen MR) is 156 cm³/mol. The monoisotopic (exact) mass is 532 g/mol. The maximum Gasteiger partial charge on any atom is 0.201 e. The summed E-state index contributed by atoms with van der Waals surface area (Å²) in [6, 6.07) is 15.7. The Labute approximate surface area is 232 Å². The smallest absolute Gasteiger partial charge is 0.201 e. The van der Waals surface area contributed by atoms with Gasteiger partial charge in [-0.05, 0) is 103 Å². The topological polar surface area (TPSA) is 9.23 Å². The molecule has 0 bridgehead atoms. The zero-order valence-electron chi connectivity index (χ0n) is 23.3. The normalized spacial score (nSPS) is 23.5. The highest BCUT2D eigenvalue weighted by Gasteiger charge is 2.31. The molecule has 0 saturated heterocycles. The Morgan fingerprint density at radius 3 is 1.95 bits per heavy atom. The number of ether oxygens (including phenoxy) is 1. The summed E-state index contributed by atoms with van der Waals surface area (Å²) in [6.45, 7) is 2.56. The second-order valence-electron chi connectivity index (χ2n) is 11.7. The molecule has 2 fully saturated rings. The Kier molecular flexibility index (Phi) is 9.04. The summed E-state index contributed by atoms with van der Waals surface area (Å²) >= 11 is 0. The molecule has 0 atom stereocenters. The van der Waals surface area contributed by atoms with Gasteiger partial charge in [0.05, 0.1) is 6.51 Å². The van der Waals surface area contributed by atoms with E-state index in [1.807, 2.05) is 24.3 Å². The van der Waals surface area contributed by atoms with E-state index in [2.05, 4.69) is 6.92 Å². The first-order valence-corrected chi connectivity index (χ1v) is 15.0. The van der Waals surface area contributed by atoms with Crippen molar-refractivity contribution >= 4 is 7.85 Å². The Balaban J connectivity index is 1.22. The van der Waals surface area contributed by atoms with Gasteiger partial charge >= 0.3 is 0 Å². The van der Waals surface area contributed by atoms with Crippen LogP contribution in [0.4, 0.5) is 13.2 Å². The predicted octanol–water partition coefficient (Wildman–Crippen LogP) is 9.29. The molecule has 3 aromatic rings. The fraction of sp³-hybridized carbons (Fsp3) is 0.471. The van der Waals surface area contributed by atoms with Gasteiger partial charge in [0.1, 0.15) is 5.82 Å². The fourth-order valence-electron chi connectivity index (χ4n) is 7.16. The van der Waals surface area contributed by atoms with Crippen molar-refractivity contribution in [3.05, 3.63) is 77.6 Å². The average molecular weight is 532 g/mol. The molecular weight excluding hydrogens is 492 g/mol. The molecule has 2 saturated carbocycles. The van der Waals surface area contributed by atoms with E-state index in [0.29, 0.717) is 11.5 Å². The number of halogens is 3. The van der Waals surface area contributed by atoms with Crippen LogP contribution < -0.4 is 4.74 Å². The van der Waals surface area contributed by atoms with Crippen LogP contribution in [0.25, 0.3) is 22.3 Å². The first-order valence-electron chi connectivity index (χ1n) is 15.0. The highest BCUT2D eigenvalue weighted by atomic mass is 19.2. The van der Waals surface area contributed by atoms with Crippen molar-refractivity contribution in [1.82, 2.24) is 0 Å². The summed E-state index contributed by atoms with van der Waals surface area (Å²) in [5, 5.41) is 0. The third-order valence-corrected chi connectivity index (χ3v) is 9.34.